The summed E-state index contributed by atoms with van der Waals surface area (Å²) in [5, 5.41) is 3.50. The van der Waals surface area contributed by atoms with E-state index in [0.717, 1.165) is 25.3 Å². The fraction of sp³-hybridized carbons (Fsp3) is 0.364. The monoisotopic (exact) mass is 375 g/mol. The van der Waals surface area contributed by atoms with Gasteiger partial charge in [-0.3, -0.25) is 0 Å². The molecule has 0 aliphatic heterocycles. The average Bonchev–Trinajstić information content (AvgIpc) is 2.66. The summed E-state index contributed by atoms with van der Waals surface area (Å²) in [5.41, 5.74) is 3.36. The van der Waals surface area contributed by atoms with Crippen LogP contribution >= 0.6 is 12.4 Å². The first-order valence-electron chi connectivity index (χ1n) is 9.15. The number of hydrogen-bond donors (Lipinski definition) is 1. The number of nitrogens with one attached hydrogen (secondary N) is 1. The molecule has 1 aliphatic rings. The van der Waals surface area contributed by atoms with Crippen molar-refractivity contribution < 1.29 is 9.13 Å². The number of rotatable bonds is 8. The Bertz CT molecular complexity index is 717. The van der Waals surface area contributed by atoms with Crippen molar-refractivity contribution in [3.05, 3.63) is 77.1 Å². The molecule has 0 saturated heterocycles. The lowest BCUT2D eigenvalue weighted by Gasteiger charge is -2.13. The van der Waals surface area contributed by atoms with Gasteiger partial charge in [-0.05, 0) is 62.4 Å². The third-order valence-corrected chi connectivity index (χ3v) is 4.59. The summed E-state index contributed by atoms with van der Waals surface area (Å²) in [6.45, 7) is 2.08. The molecule has 0 heterocycles. The molecule has 3 rings (SSSR count). The lowest BCUT2D eigenvalue weighted by molar-refractivity contribution is 0.299. The zero-order chi connectivity index (χ0) is 17.3. The lowest BCUT2D eigenvalue weighted by Crippen LogP contribution is -2.15. The highest BCUT2D eigenvalue weighted by Crippen LogP contribution is 2.20. The Hall–Kier alpha value is -1.84. The maximum absolute atomic E-state index is 13.6. The fourth-order valence-electron chi connectivity index (χ4n) is 3.14. The molecular formula is C22H27ClFNO. The minimum absolute atomic E-state index is 0. The normalized spacial score (nSPS) is 13.7. The fourth-order valence-corrected chi connectivity index (χ4v) is 3.14. The van der Waals surface area contributed by atoms with E-state index in [-0.39, 0.29) is 24.8 Å². The smallest absolute Gasteiger partial charge is 0.129 e. The lowest BCUT2D eigenvalue weighted by atomic mass is 9.97. The molecule has 0 saturated carbocycles. The predicted molar refractivity (Wildman–Crippen MR) is 107 cm³/mol. The summed E-state index contributed by atoms with van der Waals surface area (Å²) in [6.07, 6.45) is 8.74. The molecule has 0 atom stereocenters. The Morgan fingerprint density at radius 3 is 2.73 bits per heavy atom. The van der Waals surface area contributed by atoms with Crippen LogP contribution in [0.2, 0.25) is 0 Å². The van der Waals surface area contributed by atoms with Crippen molar-refractivity contribution in [2.24, 2.45) is 0 Å². The van der Waals surface area contributed by atoms with E-state index in [0.29, 0.717) is 5.56 Å². The van der Waals surface area contributed by atoms with Gasteiger partial charge in [-0.2, -0.15) is 0 Å². The average molecular weight is 376 g/mol. The topological polar surface area (TPSA) is 21.3 Å². The van der Waals surface area contributed by atoms with Crippen LogP contribution in [0.3, 0.4) is 0 Å². The van der Waals surface area contributed by atoms with Gasteiger partial charge in [0.05, 0.1) is 0 Å². The quantitative estimate of drug-likeness (QED) is 0.464. The van der Waals surface area contributed by atoms with E-state index >= 15 is 0 Å². The summed E-state index contributed by atoms with van der Waals surface area (Å²) in [5.74, 6) is 0.551. The molecule has 0 fully saturated rings. The molecule has 26 heavy (non-hydrogen) atoms. The van der Waals surface area contributed by atoms with Crippen LogP contribution in [-0.4, -0.2) is 6.54 Å². The molecule has 1 aliphatic carbocycles. The molecule has 2 nitrogen and oxygen atoms in total. The van der Waals surface area contributed by atoms with Gasteiger partial charge in [0.2, 0.25) is 0 Å². The highest BCUT2D eigenvalue weighted by molar-refractivity contribution is 5.85. The van der Waals surface area contributed by atoms with E-state index in [1.165, 1.54) is 37.3 Å². The van der Waals surface area contributed by atoms with E-state index < -0.39 is 0 Å². The minimum Gasteiger partial charge on any atom is -0.489 e. The van der Waals surface area contributed by atoms with Crippen LogP contribution in [0.25, 0.3) is 0 Å². The van der Waals surface area contributed by atoms with Crippen molar-refractivity contribution in [3.63, 3.8) is 0 Å². The Labute approximate surface area is 161 Å². The van der Waals surface area contributed by atoms with Gasteiger partial charge < -0.3 is 10.1 Å². The molecule has 0 amide bonds. The van der Waals surface area contributed by atoms with Crippen LogP contribution in [-0.2, 0) is 13.2 Å². The van der Waals surface area contributed by atoms with E-state index in [4.69, 9.17) is 4.74 Å². The summed E-state index contributed by atoms with van der Waals surface area (Å²) in [7, 11) is 0. The van der Waals surface area contributed by atoms with Gasteiger partial charge in [-0.15, -0.1) is 12.4 Å². The molecule has 140 valence electrons. The van der Waals surface area contributed by atoms with Crippen molar-refractivity contribution in [2.75, 3.05) is 6.54 Å². The third kappa shape index (κ3) is 6.47. The zero-order valence-corrected chi connectivity index (χ0v) is 15.9. The molecule has 0 aromatic heterocycles. The molecule has 0 bridgehead atoms. The van der Waals surface area contributed by atoms with Crippen molar-refractivity contribution in [1.29, 1.82) is 0 Å². The highest BCUT2D eigenvalue weighted by atomic mass is 35.5. The molecule has 2 aromatic carbocycles. The first-order valence-corrected chi connectivity index (χ1v) is 9.15. The minimum atomic E-state index is -0.225. The predicted octanol–water partition coefficient (Wildman–Crippen LogP) is 5.81. The van der Waals surface area contributed by atoms with Crippen LogP contribution < -0.4 is 10.1 Å². The third-order valence-electron chi connectivity index (χ3n) is 4.59. The Balaban J connectivity index is 0.00000243. The van der Waals surface area contributed by atoms with Crippen LogP contribution in [0.4, 0.5) is 4.39 Å². The van der Waals surface area contributed by atoms with E-state index in [1.54, 1.807) is 17.7 Å². The van der Waals surface area contributed by atoms with Crippen LogP contribution in [0.5, 0.6) is 5.75 Å². The van der Waals surface area contributed by atoms with E-state index in [1.807, 2.05) is 24.3 Å². The van der Waals surface area contributed by atoms with Crippen molar-refractivity contribution in [3.8, 4) is 5.75 Å². The van der Waals surface area contributed by atoms with Gasteiger partial charge in [0.25, 0.3) is 0 Å². The molecule has 1 N–H and O–H groups in total. The number of allylic oxidation sites excluding steroid dienone is 1. The van der Waals surface area contributed by atoms with Crippen molar-refractivity contribution in [1.82, 2.24) is 5.32 Å². The molecule has 0 spiro atoms. The van der Waals surface area contributed by atoms with Gasteiger partial charge in [0, 0.05) is 12.1 Å². The first kappa shape index (κ1) is 20.5. The van der Waals surface area contributed by atoms with Crippen LogP contribution in [0.1, 0.15) is 43.2 Å². The first-order chi connectivity index (χ1) is 12.3. The van der Waals surface area contributed by atoms with E-state index in [2.05, 4.69) is 17.5 Å². The Kier molecular flexibility index (Phi) is 8.66. The maximum Gasteiger partial charge on any atom is 0.129 e. The number of benzene rings is 2. The standard InChI is InChI=1S/C22H26FNO.ClH/c23-22-12-5-4-10-20(22)17-25-21-11-6-9-19(15-21)16-24-14-13-18-7-2-1-3-8-18;/h4-7,9-12,15,24H,1-3,8,13-14,16-17H2;1H. The van der Waals surface area contributed by atoms with Gasteiger partial charge in [0.15, 0.2) is 0 Å². The van der Waals surface area contributed by atoms with E-state index in [9.17, 15) is 4.39 Å². The number of hydrogen-bond acceptors (Lipinski definition) is 2. The Morgan fingerprint density at radius 2 is 1.92 bits per heavy atom. The maximum atomic E-state index is 13.6. The van der Waals surface area contributed by atoms with Gasteiger partial charge in [0.1, 0.15) is 18.2 Å². The summed E-state index contributed by atoms with van der Waals surface area (Å²) >= 11 is 0. The summed E-state index contributed by atoms with van der Waals surface area (Å²) in [6, 6.07) is 14.7. The van der Waals surface area contributed by atoms with Gasteiger partial charge in [-0.1, -0.05) is 42.0 Å². The molecule has 2 aromatic rings. The zero-order valence-electron chi connectivity index (χ0n) is 15.0. The van der Waals surface area contributed by atoms with Crippen LogP contribution in [0.15, 0.2) is 60.2 Å². The highest BCUT2D eigenvalue weighted by Gasteiger charge is 2.04. The second-order valence-corrected chi connectivity index (χ2v) is 6.56. The van der Waals surface area contributed by atoms with Crippen molar-refractivity contribution in [2.45, 2.75) is 45.3 Å². The summed E-state index contributed by atoms with van der Waals surface area (Å²) in [4.78, 5) is 0. The van der Waals surface area contributed by atoms with Gasteiger partial charge in [-0.25, -0.2) is 4.39 Å². The van der Waals surface area contributed by atoms with Crippen LogP contribution in [0, 0.1) is 5.82 Å². The molecule has 4 heteroatoms. The summed E-state index contributed by atoms with van der Waals surface area (Å²) < 4.78 is 19.4. The van der Waals surface area contributed by atoms with Crippen molar-refractivity contribution >= 4 is 12.4 Å². The molecular weight excluding hydrogens is 349 g/mol. The second kappa shape index (κ2) is 11.0. The van der Waals surface area contributed by atoms with Gasteiger partial charge >= 0.3 is 0 Å². The SMILES string of the molecule is Cl.Fc1ccccc1COc1cccc(CNCCC2=CCCCC2)c1. The number of halogens is 2. The second-order valence-electron chi connectivity index (χ2n) is 6.56. The Morgan fingerprint density at radius 1 is 1.04 bits per heavy atom. The molecule has 0 radical (unpaired) electrons. The number of ether oxygens (including phenoxy) is 1. The largest absolute Gasteiger partial charge is 0.489 e. The molecule has 0 unspecified atom stereocenters.